The monoisotopic (exact) mass is 324 g/mol. The number of nitrogens with zero attached hydrogens (tertiary/aromatic N) is 1. The van der Waals surface area contributed by atoms with Gasteiger partial charge in [0.15, 0.2) is 0 Å². The largest absolute Gasteiger partial charge is 0.379 e. The Morgan fingerprint density at radius 3 is 1.96 bits per heavy atom. The highest BCUT2D eigenvalue weighted by molar-refractivity contribution is 5.38. The Morgan fingerprint density at radius 2 is 1.46 bits per heavy atom. The molecule has 1 fully saturated rings. The molecule has 3 nitrogen and oxygen atoms in total. The molecule has 2 N–H and O–H groups in total. The molecule has 0 amide bonds. The van der Waals surface area contributed by atoms with Gasteiger partial charge in [-0.2, -0.15) is 0 Å². The smallest absolute Gasteiger partial charge is 0.0692 e. The summed E-state index contributed by atoms with van der Waals surface area (Å²) < 4.78 is 5.45. The molecule has 0 bridgehead atoms. The third-order valence-corrected chi connectivity index (χ3v) is 5.26. The van der Waals surface area contributed by atoms with Gasteiger partial charge in [0.1, 0.15) is 0 Å². The van der Waals surface area contributed by atoms with Gasteiger partial charge in [0.25, 0.3) is 0 Å². The lowest BCUT2D eigenvalue weighted by molar-refractivity contribution is 0.0344. The van der Waals surface area contributed by atoms with Crippen LogP contribution in [0.3, 0.4) is 0 Å². The van der Waals surface area contributed by atoms with Crippen molar-refractivity contribution in [3.8, 4) is 0 Å². The molecule has 128 valence electrons. The minimum atomic E-state index is -0.463. The van der Waals surface area contributed by atoms with Gasteiger partial charge in [0.2, 0.25) is 0 Å². The fraction of sp³-hybridized carbons (Fsp3) is 0.429. The molecule has 0 aromatic heterocycles. The second-order valence-electron chi connectivity index (χ2n) is 6.74. The third-order valence-electron chi connectivity index (χ3n) is 5.26. The first-order chi connectivity index (χ1) is 11.7. The van der Waals surface area contributed by atoms with Gasteiger partial charge in [-0.3, -0.25) is 4.90 Å². The van der Waals surface area contributed by atoms with Crippen LogP contribution in [0.25, 0.3) is 0 Å². The molecule has 1 saturated heterocycles. The van der Waals surface area contributed by atoms with E-state index in [0.29, 0.717) is 5.92 Å². The summed E-state index contributed by atoms with van der Waals surface area (Å²) in [6.07, 6.45) is 1.07. The van der Waals surface area contributed by atoms with E-state index in [1.807, 2.05) is 12.1 Å². The van der Waals surface area contributed by atoms with Gasteiger partial charge in [-0.15, -0.1) is 0 Å². The molecule has 1 heterocycles. The van der Waals surface area contributed by atoms with Gasteiger partial charge in [-0.05, 0) is 30.0 Å². The summed E-state index contributed by atoms with van der Waals surface area (Å²) in [5.41, 5.74) is 8.96. The van der Waals surface area contributed by atoms with Gasteiger partial charge in [0.05, 0.1) is 18.8 Å². The highest BCUT2D eigenvalue weighted by Crippen LogP contribution is 2.36. The average molecular weight is 324 g/mol. The number of hydrogen-bond donors (Lipinski definition) is 1. The van der Waals surface area contributed by atoms with Crippen molar-refractivity contribution in [2.45, 2.75) is 18.9 Å². The van der Waals surface area contributed by atoms with Crippen LogP contribution >= 0.6 is 0 Å². The van der Waals surface area contributed by atoms with Crippen LogP contribution in [-0.2, 0) is 10.3 Å². The van der Waals surface area contributed by atoms with Crippen LogP contribution < -0.4 is 5.73 Å². The lowest BCUT2D eigenvalue weighted by Crippen LogP contribution is -2.46. The van der Waals surface area contributed by atoms with Gasteiger partial charge in [0, 0.05) is 13.1 Å². The lowest BCUT2D eigenvalue weighted by Gasteiger charge is -2.38. The SMILES string of the molecule is CC(CCN1CCOCC1)C(N)(c1ccccc1)c1ccccc1. The van der Waals surface area contributed by atoms with E-state index < -0.39 is 5.54 Å². The minimum absolute atomic E-state index is 0.338. The Bertz CT molecular complexity index is 569. The predicted octanol–water partition coefficient (Wildman–Crippen LogP) is 3.25. The standard InChI is InChI=1S/C21H28N2O/c1-18(12-13-23-14-16-24-17-15-23)21(22,19-8-4-2-5-9-19)20-10-6-3-7-11-20/h2-11,18H,12-17,22H2,1H3. The molecule has 3 heteroatoms. The zero-order valence-electron chi connectivity index (χ0n) is 14.5. The maximum Gasteiger partial charge on any atom is 0.0692 e. The molecule has 1 unspecified atom stereocenters. The van der Waals surface area contributed by atoms with E-state index in [1.165, 1.54) is 11.1 Å². The maximum atomic E-state index is 7.06. The van der Waals surface area contributed by atoms with E-state index >= 15 is 0 Å². The van der Waals surface area contributed by atoms with E-state index in [2.05, 4.69) is 60.4 Å². The predicted molar refractivity (Wildman–Crippen MR) is 98.9 cm³/mol. The van der Waals surface area contributed by atoms with E-state index in [0.717, 1.165) is 39.3 Å². The number of hydrogen-bond acceptors (Lipinski definition) is 3. The van der Waals surface area contributed by atoms with Crippen molar-refractivity contribution in [3.05, 3.63) is 71.8 Å². The molecular formula is C21H28N2O. The molecule has 2 aromatic carbocycles. The van der Waals surface area contributed by atoms with Crippen LogP contribution in [0, 0.1) is 5.92 Å². The van der Waals surface area contributed by atoms with Crippen molar-refractivity contribution in [1.82, 2.24) is 4.90 Å². The molecule has 3 rings (SSSR count). The van der Waals surface area contributed by atoms with Gasteiger partial charge in [-0.25, -0.2) is 0 Å². The van der Waals surface area contributed by atoms with Crippen LogP contribution in [0.5, 0.6) is 0 Å². The zero-order chi connectivity index (χ0) is 16.8. The van der Waals surface area contributed by atoms with Gasteiger partial charge >= 0.3 is 0 Å². The van der Waals surface area contributed by atoms with Crippen LogP contribution in [0.1, 0.15) is 24.5 Å². The zero-order valence-corrected chi connectivity index (χ0v) is 14.5. The van der Waals surface area contributed by atoms with Crippen LogP contribution in [-0.4, -0.2) is 37.7 Å². The molecule has 24 heavy (non-hydrogen) atoms. The average Bonchev–Trinajstić information content (AvgIpc) is 2.67. The molecule has 0 radical (unpaired) electrons. The first-order valence-electron chi connectivity index (χ1n) is 8.91. The molecule has 0 spiro atoms. The Morgan fingerprint density at radius 1 is 0.958 bits per heavy atom. The van der Waals surface area contributed by atoms with Gasteiger partial charge < -0.3 is 10.5 Å². The van der Waals surface area contributed by atoms with E-state index in [9.17, 15) is 0 Å². The second-order valence-corrected chi connectivity index (χ2v) is 6.74. The van der Waals surface area contributed by atoms with Crippen molar-refractivity contribution >= 4 is 0 Å². The first kappa shape index (κ1) is 17.2. The first-order valence-corrected chi connectivity index (χ1v) is 8.91. The van der Waals surface area contributed by atoms with Crippen molar-refractivity contribution in [1.29, 1.82) is 0 Å². The summed E-state index contributed by atoms with van der Waals surface area (Å²) in [5, 5.41) is 0. The third kappa shape index (κ3) is 3.69. The molecule has 0 aliphatic carbocycles. The quantitative estimate of drug-likeness (QED) is 0.886. The van der Waals surface area contributed by atoms with Crippen molar-refractivity contribution in [2.24, 2.45) is 11.7 Å². The molecule has 1 aliphatic rings. The molecular weight excluding hydrogens is 296 g/mol. The lowest BCUT2D eigenvalue weighted by atomic mass is 9.73. The summed E-state index contributed by atoms with van der Waals surface area (Å²) >= 11 is 0. The summed E-state index contributed by atoms with van der Waals surface area (Å²) in [6, 6.07) is 21.0. The summed E-state index contributed by atoms with van der Waals surface area (Å²) in [7, 11) is 0. The van der Waals surface area contributed by atoms with Gasteiger partial charge in [-0.1, -0.05) is 67.6 Å². The Hall–Kier alpha value is -1.68. The number of benzene rings is 2. The van der Waals surface area contributed by atoms with Crippen molar-refractivity contribution in [3.63, 3.8) is 0 Å². The maximum absolute atomic E-state index is 7.06. The number of morpholine rings is 1. The molecule has 1 atom stereocenters. The highest BCUT2D eigenvalue weighted by atomic mass is 16.5. The fourth-order valence-electron chi connectivity index (χ4n) is 3.59. The molecule has 2 aromatic rings. The highest BCUT2D eigenvalue weighted by Gasteiger charge is 2.35. The normalized spacial score (nSPS) is 17.6. The van der Waals surface area contributed by atoms with Crippen LogP contribution in [0.2, 0.25) is 0 Å². The topological polar surface area (TPSA) is 38.5 Å². The van der Waals surface area contributed by atoms with Crippen molar-refractivity contribution in [2.75, 3.05) is 32.8 Å². The Balaban J connectivity index is 1.81. The second kappa shape index (κ2) is 7.93. The number of nitrogens with two attached hydrogens (primary N) is 1. The van der Waals surface area contributed by atoms with E-state index in [-0.39, 0.29) is 0 Å². The summed E-state index contributed by atoms with van der Waals surface area (Å²) in [4.78, 5) is 2.48. The van der Waals surface area contributed by atoms with E-state index in [4.69, 9.17) is 10.5 Å². The van der Waals surface area contributed by atoms with Crippen LogP contribution in [0.15, 0.2) is 60.7 Å². The summed E-state index contributed by atoms with van der Waals surface area (Å²) in [5.74, 6) is 0.338. The minimum Gasteiger partial charge on any atom is -0.379 e. The van der Waals surface area contributed by atoms with E-state index in [1.54, 1.807) is 0 Å². The Labute approximate surface area is 145 Å². The molecule has 0 saturated carbocycles. The van der Waals surface area contributed by atoms with Crippen molar-refractivity contribution < 1.29 is 4.74 Å². The summed E-state index contributed by atoms with van der Waals surface area (Å²) in [6.45, 7) is 7.10. The van der Waals surface area contributed by atoms with Crippen LogP contribution in [0.4, 0.5) is 0 Å². The molecule has 1 aliphatic heterocycles. The fourth-order valence-corrected chi connectivity index (χ4v) is 3.59. The Kier molecular flexibility index (Phi) is 5.67. The number of ether oxygens (including phenoxy) is 1. The number of rotatable bonds is 6.